The molecule has 1 atom stereocenters. The first kappa shape index (κ1) is 10.2. The van der Waals surface area contributed by atoms with Gasteiger partial charge in [-0.1, -0.05) is 0 Å². The summed E-state index contributed by atoms with van der Waals surface area (Å²) >= 11 is 0. The molecule has 74 valence electrons. The maximum Gasteiger partial charge on any atom is 0.460 e. The van der Waals surface area contributed by atoms with Gasteiger partial charge in [0.2, 0.25) is 0 Å². The molecule has 1 unspecified atom stereocenters. The Hall–Kier alpha value is -0.890. The first-order chi connectivity index (χ1) is 5.99. The predicted octanol–water partition coefficient (Wildman–Crippen LogP) is -0.303. The van der Waals surface area contributed by atoms with Gasteiger partial charge in [-0.05, 0) is 0 Å². The molecule has 0 amide bonds. The van der Waals surface area contributed by atoms with Gasteiger partial charge in [0, 0.05) is 0 Å². The van der Waals surface area contributed by atoms with Crippen molar-refractivity contribution in [2.75, 3.05) is 0 Å². The van der Waals surface area contributed by atoms with Crippen LogP contribution in [0.5, 0.6) is 6.08 Å². The first-order valence-electron chi connectivity index (χ1n) is 2.76. The average Bonchev–Trinajstić information content (AvgIpc) is 2.34. The lowest BCUT2D eigenvalue weighted by atomic mass is 11.0. The van der Waals surface area contributed by atoms with Gasteiger partial charge in [-0.3, -0.25) is 4.57 Å². The number of rotatable bonds is 4. The Bertz CT molecular complexity index is 382. The van der Waals surface area contributed by atoms with Crippen LogP contribution in [0.1, 0.15) is 0 Å². The molecule has 1 heterocycles. The van der Waals surface area contributed by atoms with Crippen molar-refractivity contribution in [3.05, 3.63) is 12.5 Å². The zero-order chi connectivity index (χ0) is 9.90. The Balaban J connectivity index is 2.68. The van der Waals surface area contributed by atoms with E-state index >= 15 is 0 Å². The molecule has 1 rings (SSSR count). The maximum atomic E-state index is 10.6. The number of aromatic nitrogens is 1. The summed E-state index contributed by atoms with van der Waals surface area (Å²) in [6.45, 7) is 0. The molecule has 0 aliphatic heterocycles. The second-order valence-electron chi connectivity index (χ2n) is 1.64. The van der Waals surface area contributed by atoms with E-state index in [4.69, 9.17) is 4.89 Å². The van der Waals surface area contributed by atoms with Gasteiger partial charge >= 0.3 is 24.7 Å². The fourth-order valence-corrected chi connectivity index (χ4v) is 1.53. The summed E-state index contributed by atoms with van der Waals surface area (Å²) in [5.41, 5.74) is 0. The van der Waals surface area contributed by atoms with Gasteiger partial charge in [0.05, 0.1) is 6.20 Å². The fraction of sp³-hybridized carbons (Fsp3) is 0. The Morgan fingerprint density at radius 1 is 1.62 bits per heavy atom. The van der Waals surface area contributed by atoms with Crippen LogP contribution in [0.25, 0.3) is 0 Å². The number of hydrogen-bond donors (Lipinski definition) is 1. The molecule has 13 heavy (non-hydrogen) atoms. The van der Waals surface area contributed by atoms with Crippen molar-refractivity contribution >= 4 is 18.7 Å². The van der Waals surface area contributed by atoms with E-state index in [-0.39, 0.29) is 0 Å². The number of hydrogen-bond acceptors (Lipinski definition) is 7. The van der Waals surface area contributed by atoms with E-state index in [0.29, 0.717) is 0 Å². The van der Waals surface area contributed by atoms with Crippen LogP contribution in [-0.4, -0.2) is 18.3 Å². The van der Waals surface area contributed by atoms with E-state index < -0.39 is 24.7 Å². The largest absolute Gasteiger partial charge is 0.460 e. The molecule has 0 spiro atoms. The highest BCUT2D eigenvalue weighted by molar-refractivity contribution is 7.85. The standard InChI is InChI=1S/C3H4NO7PS/c5-12(6)11-13(7,8)10-3-4-1-2-9-3/h1-2,12H,(H,5,6). The highest BCUT2D eigenvalue weighted by Crippen LogP contribution is 2.21. The van der Waals surface area contributed by atoms with E-state index in [1.54, 1.807) is 0 Å². The summed E-state index contributed by atoms with van der Waals surface area (Å²) in [4.78, 5) is 11.4. The SMILES string of the molecule is O=[PH](O)OS(=O)(=O)Oc1ncco1. The van der Waals surface area contributed by atoms with Gasteiger partial charge in [0.15, 0.2) is 0 Å². The van der Waals surface area contributed by atoms with E-state index in [1.165, 1.54) is 0 Å². The van der Waals surface area contributed by atoms with Crippen molar-refractivity contribution in [1.29, 1.82) is 0 Å². The van der Waals surface area contributed by atoms with Crippen molar-refractivity contribution in [3.8, 4) is 6.08 Å². The van der Waals surface area contributed by atoms with Crippen LogP contribution in [0.3, 0.4) is 0 Å². The molecule has 0 fully saturated rings. The quantitative estimate of drug-likeness (QED) is 0.699. The van der Waals surface area contributed by atoms with Crippen LogP contribution >= 0.6 is 8.25 Å². The third kappa shape index (κ3) is 3.55. The minimum absolute atomic E-state index is 0.594. The van der Waals surface area contributed by atoms with Crippen molar-refractivity contribution < 1.29 is 30.4 Å². The molecule has 1 aromatic rings. The Morgan fingerprint density at radius 2 is 2.31 bits per heavy atom. The molecule has 0 bridgehead atoms. The van der Waals surface area contributed by atoms with Crippen molar-refractivity contribution in [2.45, 2.75) is 0 Å². The molecule has 0 radical (unpaired) electrons. The molecule has 8 nitrogen and oxygen atoms in total. The highest BCUT2D eigenvalue weighted by Gasteiger charge is 2.19. The Kier molecular flexibility index (Phi) is 3.04. The lowest BCUT2D eigenvalue weighted by molar-refractivity contribution is 0.317. The minimum Gasteiger partial charge on any atom is -0.417 e. The molecule has 1 N–H and O–H groups in total. The molecule has 1 aromatic heterocycles. The van der Waals surface area contributed by atoms with Gasteiger partial charge in [0.1, 0.15) is 6.26 Å². The Labute approximate surface area is 73.4 Å². The van der Waals surface area contributed by atoms with Gasteiger partial charge in [-0.2, -0.15) is 17.4 Å². The van der Waals surface area contributed by atoms with Crippen LogP contribution in [-0.2, 0) is 18.9 Å². The molecule has 10 heteroatoms. The highest BCUT2D eigenvalue weighted by atomic mass is 32.3. The van der Waals surface area contributed by atoms with Crippen molar-refractivity contribution in [2.24, 2.45) is 0 Å². The first-order valence-corrected chi connectivity index (χ1v) is 5.35. The smallest absolute Gasteiger partial charge is 0.417 e. The lowest BCUT2D eigenvalue weighted by Crippen LogP contribution is -2.09. The zero-order valence-electron chi connectivity index (χ0n) is 5.91. The van der Waals surface area contributed by atoms with Crippen molar-refractivity contribution in [3.63, 3.8) is 0 Å². The van der Waals surface area contributed by atoms with Crippen LogP contribution in [0.4, 0.5) is 0 Å². The van der Waals surface area contributed by atoms with E-state index in [9.17, 15) is 13.0 Å². The van der Waals surface area contributed by atoms with Crippen LogP contribution in [0.15, 0.2) is 16.9 Å². The number of nitrogens with zero attached hydrogens (tertiary/aromatic N) is 1. The van der Waals surface area contributed by atoms with Crippen molar-refractivity contribution in [1.82, 2.24) is 4.98 Å². The average molecular weight is 229 g/mol. The summed E-state index contributed by atoms with van der Waals surface area (Å²) in [5.74, 6) is 0. The lowest BCUT2D eigenvalue weighted by Gasteiger charge is -1.98. The van der Waals surface area contributed by atoms with E-state index in [0.717, 1.165) is 12.5 Å². The van der Waals surface area contributed by atoms with Crippen LogP contribution in [0, 0.1) is 0 Å². The van der Waals surface area contributed by atoms with Crippen LogP contribution < -0.4 is 4.18 Å². The van der Waals surface area contributed by atoms with Gasteiger partial charge in [0.25, 0.3) is 0 Å². The van der Waals surface area contributed by atoms with Crippen LogP contribution in [0.2, 0.25) is 0 Å². The second-order valence-corrected chi connectivity index (χ2v) is 3.82. The summed E-state index contributed by atoms with van der Waals surface area (Å²) < 4.78 is 43.2. The summed E-state index contributed by atoms with van der Waals surface area (Å²) in [6.07, 6.45) is 1.60. The van der Waals surface area contributed by atoms with Gasteiger partial charge in [-0.25, -0.2) is 0 Å². The molecule has 0 saturated heterocycles. The van der Waals surface area contributed by atoms with E-state index in [2.05, 4.69) is 17.6 Å². The third-order valence-electron chi connectivity index (χ3n) is 0.756. The predicted molar refractivity (Wildman–Crippen MR) is 38.4 cm³/mol. The summed E-state index contributed by atoms with van der Waals surface area (Å²) in [5, 5.41) is 0. The molecule has 0 saturated carbocycles. The zero-order valence-corrected chi connectivity index (χ0v) is 7.72. The minimum atomic E-state index is -4.58. The molecular weight excluding hydrogens is 225 g/mol. The molecule has 0 aromatic carbocycles. The molecular formula is C3H4NO7PS. The second kappa shape index (κ2) is 3.88. The fourth-order valence-electron chi connectivity index (χ4n) is 0.443. The van der Waals surface area contributed by atoms with Gasteiger partial charge in [-0.15, -0.1) is 0 Å². The normalized spacial score (nSPS) is 13.9. The number of oxazole rings is 1. The molecule has 0 aliphatic carbocycles. The topological polar surface area (TPSA) is 116 Å². The van der Waals surface area contributed by atoms with Gasteiger partial charge < -0.3 is 13.5 Å². The monoisotopic (exact) mass is 229 g/mol. The molecule has 0 aliphatic rings. The Morgan fingerprint density at radius 3 is 2.77 bits per heavy atom. The maximum absolute atomic E-state index is 10.6. The summed E-state index contributed by atoms with van der Waals surface area (Å²) in [7, 11) is -8.20. The van der Waals surface area contributed by atoms with E-state index in [1.807, 2.05) is 0 Å². The third-order valence-corrected chi connectivity index (χ3v) is 2.49. The summed E-state index contributed by atoms with van der Waals surface area (Å²) in [6, 6.07) is 0.